The molecule has 0 amide bonds. The van der Waals surface area contributed by atoms with Crippen LogP contribution in [0.4, 0.5) is 5.82 Å². The van der Waals surface area contributed by atoms with Gasteiger partial charge in [0.15, 0.2) is 5.65 Å². The van der Waals surface area contributed by atoms with Crippen molar-refractivity contribution in [2.45, 2.75) is 13.8 Å². The topological polar surface area (TPSA) is 96.3 Å². The number of fused-ring (bicyclic) bond motifs is 2. The molecule has 0 spiro atoms. The van der Waals surface area contributed by atoms with Crippen molar-refractivity contribution in [1.82, 2.24) is 19.7 Å². The lowest BCUT2D eigenvalue weighted by molar-refractivity contribution is 0.877. The summed E-state index contributed by atoms with van der Waals surface area (Å²) >= 11 is 0. The Morgan fingerprint density at radius 2 is 1.83 bits per heavy atom. The van der Waals surface area contributed by atoms with E-state index in [4.69, 9.17) is 10.8 Å². The van der Waals surface area contributed by atoms with E-state index in [9.17, 15) is 5.26 Å². The predicted molar refractivity (Wildman–Crippen MR) is 115 cm³/mol. The molecular weight excluding hydrogens is 360 g/mol. The fraction of sp³-hybridized carbons (Fsp3) is 0.0870. The van der Waals surface area contributed by atoms with Crippen molar-refractivity contribution in [3.05, 3.63) is 71.5 Å². The van der Waals surface area contributed by atoms with Crippen molar-refractivity contribution in [2.24, 2.45) is 0 Å². The molecule has 0 atom stereocenters. The molecule has 0 radical (unpaired) electrons. The van der Waals surface area contributed by atoms with Crippen LogP contribution in [0.3, 0.4) is 0 Å². The van der Waals surface area contributed by atoms with E-state index in [1.165, 1.54) is 5.56 Å². The average Bonchev–Trinajstić information content (AvgIpc) is 3.29. The number of para-hydroxylation sites is 1. The van der Waals surface area contributed by atoms with Crippen molar-refractivity contribution >= 4 is 27.8 Å². The minimum atomic E-state index is 0.202. The summed E-state index contributed by atoms with van der Waals surface area (Å²) in [7, 11) is 0. The molecule has 0 aliphatic heterocycles. The zero-order chi connectivity index (χ0) is 20.1. The molecule has 3 aromatic heterocycles. The second-order valence-electron chi connectivity index (χ2n) is 7.14. The van der Waals surface area contributed by atoms with E-state index in [0.29, 0.717) is 11.2 Å². The zero-order valence-corrected chi connectivity index (χ0v) is 16.1. The van der Waals surface area contributed by atoms with E-state index in [-0.39, 0.29) is 5.82 Å². The number of nitrogens with zero attached hydrogens (tertiary/aromatic N) is 4. The van der Waals surface area contributed by atoms with Gasteiger partial charge in [-0.3, -0.25) is 0 Å². The van der Waals surface area contributed by atoms with Gasteiger partial charge in [-0.2, -0.15) is 10.4 Å². The largest absolute Gasteiger partial charge is 0.383 e. The summed E-state index contributed by atoms with van der Waals surface area (Å²) in [5, 5.41) is 16.5. The molecule has 6 heteroatoms. The van der Waals surface area contributed by atoms with Gasteiger partial charge in [0.05, 0.1) is 16.8 Å². The predicted octanol–water partition coefficient (Wildman–Crippen LogP) is 4.64. The maximum atomic E-state index is 9.87. The van der Waals surface area contributed by atoms with Crippen LogP contribution in [-0.2, 0) is 0 Å². The molecule has 0 fully saturated rings. The Bertz CT molecular complexity index is 1430. The summed E-state index contributed by atoms with van der Waals surface area (Å²) in [6.07, 6.45) is 1.92. The number of aryl methyl sites for hydroxylation is 2. The quantitative estimate of drug-likeness (QED) is 0.468. The summed E-state index contributed by atoms with van der Waals surface area (Å²) in [5.41, 5.74) is 12.8. The van der Waals surface area contributed by atoms with E-state index >= 15 is 0 Å². The van der Waals surface area contributed by atoms with Crippen LogP contribution in [0.15, 0.2) is 54.7 Å². The summed E-state index contributed by atoms with van der Waals surface area (Å²) in [6.45, 7) is 3.98. The molecule has 5 rings (SSSR count). The number of benzene rings is 2. The van der Waals surface area contributed by atoms with Gasteiger partial charge in [0.1, 0.15) is 17.5 Å². The van der Waals surface area contributed by atoms with E-state index in [2.05, 4.69) is 16.0 Å². The monoisotopic (exact) mass is 378 g/mol. The molecule has 0 saturated heterocycles. The normalized spacial score (nSPS) is 11.2. The molecule has 0 aliphatic rings. The minimum Gasteiger partial charge on any atom is -0.383 e. The van der Waals surface area contributed by atoms with Crippen LogP contribution in [0.25, 0.3) is 38.8 Å². The highest BCUT2D eigenvalue weighted by atomic mass is 15.3. The number of anilines is 1. The van der Waals surface area contributed by atoms with Crippen molar-refractivity contribution in [1.29, 1.82) is 5.26 Å². The van der Waals surface area contributed by atoms with Gasteiger partial charge < -0.3 is 10.7 Å². The molecule has 2 aromatic carbocycles. The molecule has 3 N–H and O–H groups in total. The van der Waals surface area contributed by atoms with Crippen LogP contribution in [0, 0.1) is 25.2 Å². The Morgan fingerprint density at radius 3 is 2.59 bits per heavy atom. The number of nitrogens with two attached hydrogens (primary N) is 1. The maximum absolute atomic E-state index is 9.87. The van der Waals surface area contributed by atoms with Crippen LogP contribution in [0.2, 0.25) is 0 Å². The van der Waals surface area contributed by atoms with Gasteiger partial charge >= 0.3 is 0 Å². The minimum absolute atomic E-state index is 0.202. The van der Waals surface area contributed by atoms with Crippen LogP contribution in [0.1, 0.15) is 16.8 Å². The molecule has 0 unspecified atom stereocenters. The molecule has 5 aromatic rings. The highest BCUT2D eigenvalue weighted by molar-refractivity contribution is 6.07. The number of H-pyrrole nitrogens is 1. The van der Waals surface area contributed by atoms with Crippen LogP contribution >= 0.6 is 0 Å². The van der Waals surface area contributed by atoms with Gasteiger partial charge in [-0.25, -0.2) is 9.67 Å². The molecule has 0 aliphatic carbocycles. The molecule has 3 heterocycles. The summed E-state index contributed by atoms with van der Waals surface area (Å²) < 4.78 is 1.79. The zero-order valence-electron chi connectivity index (χ0n) is 16.1. The Kier molecular flexibility index (Phi) is 3.65. The molecular formula is C23H18N6. The fourth-order valence-corrected chi connectivity index (χ4v) is 3.86. The number of nitrogen functional groups attached to an aromatic ring is 1. The number of pyridine rings is 1. The van der Waals surface area contributed by atoms with E-state index in [1.807, 2.05) is 68.6 Å². The first-order valence-electron chi connectivity index (χ1n) is 9.31. The second-order valence-corrected chi connectivity index (χ2v) is 7.14. The van der Waals surface area contributed by atoms with Crippen molar-refractivity contribution in [3.63, 3.8) is 0 Å². The van der Waals surface area contributed by atoms with Crippen molar-refractivity contribution < 1.29 is 0 Å². The maximum Gasteiger partial charge on any atom is 0.166 e. The van der Waals surface area contributed by atoms with Gasteiger partial charge in [0, 0.05) is 28.2 Å². The first-order valence-corrected chi connectivity index (χ1v) is 9.31. The van der Waals surface area contributed by atoms with E-state index in [0.717, 1.165) is 38.8 Å². The van der Waals surface area contributed by atoms with Crippen LogP contribution < -0.4 is 5.73 Å². The number of aromatic nitrogens is 4. The average molecular weight is 378 g/mol. The number of rotatable bonds is 2. The third-order valence-corrected chi connectivity index (χ3v) is 5.27. The lowest BCUT2D eigenvalue weighted by Gasteiger charge is -2.09. The van der Waals surface area contributed by atoms with Gasteiger partial charge in [0.2, 0.25) is 0 Å². The fourth-order valence-electron chi connectivity index (χ4n) is 3.86. The Labute approximate surface area is 167 Å². The van der Waals surface area contributed by atoms with Crippen molar-refractivity contribution in [3.8, 4) is 22.9 Å². The first kappa shape index (κ1) is 17.0. The Morgan fingerprint density at radius 1 is 1.07 bits per heavy atom. The van der Waals surface area contributed by atoms with Crippen LogP contribution in [-0.4, -0.2) is 19.7 Å². The van der Waals surface area contributed by atoms with Gasteiger partial charge in [-0.05, 0) is 32.0 Å². The summed E-state index contributed by atoms with van der Waals surface area (Å²) in [5.74, 6) is 0.202. The molecule has 0 bridgehead atoms. The smallest absolute Gasteiger partial charge is 0.166 e. The standard InChI is InChI=1S/C23H18N6/c1-13-7-9-15(10-8-13)29-23-20(14(2)28-29)21(17(11-24)22(25)27-23)18-12-26-19-6-4-3-5-16(18)19/h3-10,12,26H,1-2H3,(H2,25,27). The summed E-state index contributed by atoms with van der Waals surface area (Å²) in [6, 6.07) is 18.3. The lowest BCUT2D eigenvalue weighted by atomic mass is 9.96. The number of nitrogens with one attached hydrogen (secondary N) is 1. The number of hydrogen-bond donors (Lipinski definition) is 2. The number of aromatic amines is 1. The van der Waals surface area contributed by atoms with Crippen molar-refractivity contribution in [2.75, 3.05) is 5.73 Å². The highest BCUT2D eigenvalue weighted by Gasteiger charge is 2.23. The molecule has 140 valence electrons. The SMILES string of the molecule is Cc1ccc(-n2nc(C)c3c(-c4c[nH]c5ccccc45)c(C#N)c(N)nc32)cc1. The lowest BCUT2D eigenvalue weighted by Crippen LogP contribution is -2.02. The highest BCUT2D eigenvalue weighted by Crippen LogP contribution is 2.39. The molecule has 29 heavy (non-hydrogen) atoms. The van der Waals surface area contributed by atoms with Gasteiger partial charge in [-0.1, -0.05) is 35.9 Å². The summed E-state index contributed by atoms with van der Waals surface area (Å²) in [4.78, 5) is 7.85. The Hall–Kier alpha value is -4.11. The number of nitriles is 1. The second kappa shape index (κ2) is 6.21. The van der Waals surface area contributed by atoms with Crippen LogP contribution in [0.5, 0.6) is 0 Å². The number of hydrogen-bond acceptors (Lipinski definition) is 4. The molecule has 6 nitrogen and oxygen atoms in total. The Balaban J connectivity index is 1.91. The van der Waals surface area contributed by atoms with E-state index < -0.39 is 0 Å². The first-order chi connectivity index (χ1) is 14.1. The third kappa shape index (κ3) is 2.48. The van der Waals surface area contributed by atoms with E-state index in [1.54, 1.807) is 4.68 Å². The molecule has 0 saturated carbocycles. The third-order valence-electron chi connectivity index (χ3n) is 5.27. The van der Waals surface area contributed by atoms with Gasteiger partial charge in [-0.15, -0.1) is 0 Å². The van der Waals surface area contributed by atoms with Gasteiger partial charge in [0.25, 0.3) is 0 Å².